The van der Waals surface area contributed by atoms with Gasteiger partial charge in [-0.2, -0.15) is 0 Å². The fourth-order valence-electron chi connectivity index (χ4n) is 2.78. The molecule has 0 atom stereocenters. The molecule has 2 aromatic carbocycles. The van der Waals surface area contributed by atoms with Gasteiger partial charge in [0.15, 0.2) is 34.5 Å². The van der Waals surface area contributed by atoms with Crippen molar-refractivity contribution in [3.05, 3.63) is 59.0 Å². The van der Waals surface area contributed by atoms with Crippen molar-refractivity contribution in [3.8, 4) is 23.0 Å². The lowest BCUT2D eigenvalue weighted by atomic mass is 10.0. The zero-order chi connectivity index (χ0) is 21.3. The number of esters is 2. The second-order valence-electron chi connectivity index (χ2n) is 5.90. The van der Waals surface area contributed by atoms with Gasteiger partial charge in [0.2, 0.25) is 0 Å². The number of phenolic OH excluding ortho intramolecular Hbond substituents is 3. The van der Waals surface area contributed by atoms with E-state index in [2.05, 4.69) is 0 Å². The number of rotatable bonds is 4. The molecular weight excluding hydrogens is 384 g/mol. The number of aliphatic hydroxyl groups is 1. The number of hydrogen-bond donors (Lipinski definition) is 4. The van der Waals surface area contributed by atoms with Crippen molar-refractivity contribution in [1.82, 2.24) is 0 Å². The van der Waals surface area contributed by atoms with Crippen LogP contribution in [0, 0.1) is 0 Å². The minimum atomic E-state index is -0.950. The van der Waals surface area contributed by atoms with Gasteiger partial charge in [0.25, 0.3) is 0 Å². The molecule has 0 fully saturated rings. The molecule has 0 spiro atoms. The first-order valence-corrected chi connectivity index (χ1v) is 8.16. The Balaban J connectivity index is 2.23. The van der Waals surface area contributed by atoms with Gasteiger partial charge in [-0.25, -0.2) is 9.59 Å². The summed E-state index contributed by atoms with van der Waals surface area (Å²) < 4.78 is 14.8. The van der Waals surface area contributed by atoms with Crippen LogP contribution in [0.4, 0.5) is 0 Å². The molecule has 4 N–H and O–H groups in total. The minimum Gasteiger partial charge on any atom is -0.504 e. The zero-order valence-corrected chi connectivity index (χ0v) is 15.3. The predicted molar refractivity (Wildman–Crippen MR) is 99.0 cm³/mol. The molecule has 0 amide bonds. The van der Waals surface area contributed by atoms with E-state index in [1.54, 1.807) is 0 Å². The minimum absolute atomic E-state index is 0.0334. The summed E-state index contributed by atoms with van der Waals surface area (Å²) in [5.74, 6) is -4.09. The van der Waals surface area contributed by atoms with Crippen molar-refractivity contribution < 1.29 is 44.2 Å². The van der Waals surface area contributed by atoms with E-state index in [1.165, 1.54) is 31.4 Å². The number of carbonyl (C=O) groups excluding carboxylic acids is 2. The third-order valence-electron chi connectivity index (χ3n) is 4.20. The van der Waals surface area contributed by atoms with Gasteiger partial charge in [-0.15, -0.1) is 0 Å². The van der Waals surface area contributed by atoms with Gasteiger partial charge in [-0.05, 0) is 35.4 Å². The lowest BCUT2D eigenvalue weighted by Crippen LogP contribution is -2.09. The molecule has 150 valence electrons. The molecule has 0 aliphatic carbocycles. The van der Waals surface area contributed by atoms with Crippen LogP contribution < -0.4 is 4.74 Å². The van der Waals surface area contributed by atoms with Crippen LogP contribution in [0.15, 0.2) is 47.9 Å². The summed E-state index contributed by atoms with van der Waals surface area (Å²) in [5, 5.41) is 39.6. The Bertz CT molecular complexity index is 1080. The quantitative estimate of drug-likeness (QED) is 0.345. The number of ether oxygens (including phenoxy) is 3. The van der Waals surface area contributed by atoms with Gasteiger partial charge in [0.05, 0.1) is 14.2 Å². The number of benzene rings is 2. The number of carbonyl (C=O) groups is 2. The van der Waals surface area contributed by atoms with Crippen molar-refractivity contribution in [2.45, 2.75) is 0 Å². The van der Waals surface area contributed by atoms with Crippen molar-refractivity contribution in [3.63, 3.8) is 0 Å². The van der Waals surface area contributed by atoms with E-state index in [4.69, 9.17) is 14.2 Å². The molecule has 0 saturated heterocycles. The van der Waals surface area contributed by atoms with Gasteiger partial charge in [0, 0.05) is 0 Å². The standard InChI is InChI=1S/C20H16O9/c1-27-14-8-10(4-6-12(14)22)15-17(24)18(29-20(15)26)16(19(25)28-2)9-3-5-11(21)13(23)7-9/h3-8,21-24H,1-2H3. The van der Waals surface area contributed by atoms with Crippen LogP contribution in [-0.2, 0) is 19.1 Å². The average Bonchev–Trinajstić information content (AvgIpc) is 2.99. The van der Waals surface area contributed by atoms with Crippen molar-refractivity contribution in [2.75, 3.05) is 14.2 Å². The van der Waals surface area contributed by atoms with Crippen molar-refractivity contribution in [2.24, 2.45) is 0 Å². The maximum atomic E-state index is 12.4. The predicted octanol–water partition coefficient (Wildman–Crippen LogP) is 2.22. The fourth-order valence-corrected chi connectivity index (χ4v) is 2.78. The Kier molecular flexibility index (Phi) is 5.05. The maximum Gasteiger partial charge on any atom is 0.348 e. The third-order valence-corrected chi connectivity index (χ3v) is 4.20. The highest BCUT2D eigenvalue weighted by Crippen LogP contribution is 2.40. The number of aromatic hydroxyl groups is 3. The second-order valence-corrected chi connectivity index (χ2v) is 5.90. The number of hydrogen-bond acceptors (Lipinski definition) is 9. The van der Waals surface area contributed by atoms with E-state index in [0.717, 1.165) is 19.2 Å². The molecule has 1 aliphatic heterocycles. The topological polar surface area (TPSA) is 143 Å². The summed E-state index contributed by atoms with van der Waals surface area (Å²) >= 11 is 0. The van der Waals surface area contributed by atoms with Crippen molar-refractivity contribution in [1.29, 1.82) is 0 Å². The van der Waals surface area contributed by atoms with Gasteiger partial charge >= 0.3 is 11.9 Å². The summed E-state index contributed by atoms with van der Waals surface area (Å²) in [6.07, 6.45) is 0. The summed E-state index contributed by atoms with van der Waals surface area (Å²) in [6, 6.07) is 7.39. The van der Waals surface area contributed by atoms with Gasteiger partial charge < -0.3 is 34.6 Å². The Hall–Kier alpha value is -4.14. The smallest absolute Gasteiger partial charge is 0.348 e. The van der Waals surface area contributed by atoms with E-state index >= 15 is 0 Å². The summed E-state index contributed by atoms with van der Waals surface area (Å²) in [7, 11) is 2.41. The van der Waals surface area contributed by atoms with E-state index in [-0.39, 0.29) is 33.8 Å². The summed E-state index contributed by atoms with van der Waals surface area (Å²) in [6.45, 7) is 0. The molecule has 2 aromatic rings. The lowest BCUT2D eigenvalue weighted by molar-refractivity contribution is -0.134. The second kappa shape index (κ2) is 7.47. The number of aliphatic hydroxyl groups excluding tert-OH is 1. The zero-order valence-electron chi connectivity index (χ0n) is 15.3. The van der Waals surface area contributed by atoms with Crippen LogP contribution in [0.3, 0.4) is 0 Å². The number of cyclic esters (lactones) is 1. The molecule has 0 unspecified atom stereocenters. The highest BCUT2D eigenvalue weighted by Gasteiger charge is 2.36. The number of methoxy groups -OCH3 is 2. The molecule has 3 rings (SSSR count). The van der Waals surface area contributed by atoms with Crippen LogP contribution in [0.25, 0.3) is 11.1 Å². The van der Waals surface area contributed by atoms with E-state index < -0.39 is 35.0 Å². The van der Waals surface area contributed by atoms with Crippen LogP contribution in [0.2, 0.25) is 0 Å². The molecule has 29 heavy (non-hydrogen) atoms. The molecule has 0 bridgehead atoms. The highest BCUT2D eigenvalue weighted by molar-refractivity contribution is 6.25. The monoisotopic (exact) mass is 400 g/mol. The van der Waals surface area contributed by atoms with Crippen molar-refractivity contribution >= 4 is 23.1 Å². The molecule has 0 radical (unpaired) electrons. The maximum absolute atomic E-state index is 12.4. The van der Waals surface area contributed by atoms with E-state index in [9.17, 15) is 30.0 Å². The van der Waals surface area contributed by atoms with Crippen LogP contribution in [-0.4, -0.2) is 46.6 Å². The Morgan fingerprint density at radius 1 is 0.931 bits per heavy atom. The molecule has 1 heterocycles. The van der Waals surface area contributed by atoms with E-state index in [0.29, 0.717) is 0 Å². The summed E-state index contributed by atoms with van der Waals surface area (Å²) in [4.78, 5) is 24.8. The van der Waals surface area contributed by atoms with Crippen LogP contribution in [0.5, 0.6) is 23.0 Å². The van der Waals surface area contributed by atoms with Gasteiger partial charge in [-0.1, -0.05) is 12.1 Å². The fraction of sp³-hybridized carbons (Fsp3) is 0.100. The van der Waals surface area contributed by atoms with Crippen LogP contribution in [0.1, 0.15) is 11.1 Å². The number of phenols is 3. The largest absolute Gasteiger partial charge is 0.504 e. The first kappa shape index (κ1) is 19.6. The van der Waals surface area contributed by atoms with Gasteiger partial charge in [-0.3, -0.25) is 0 Å². The SMILES string of the molecule is COC(=O)C(=C1OC(=O)C(c2ccc(O)c(OC)c2)=C1O)c1ccc(O)c(O)c1. The molecule has 0 aromatic heterocycles. The molecule has 9 nitrogen and oxygen atoms in total. The molecule has 0 saturated carbocycles. The first-order valence-electron chi connectivity index (χ1n) is 8.16. The van der Waals surface area contributed by atoms with Crippen LogP contribution >= 0.6 is 0 Å². The highest BCUT2D eigenvalue weighted by atomic mass is 16.6. The summed E-state index contributed by atoms with van der Waals surface area (Å²) in [5.41, 5.74) is -0.391. The Labute approximate surface area is 164 Å². The molecule has 9 heteroatoms. The Morgan fingerprint density at radius 3 is 2.24 bits per heavy atom. The lowest BCUT2D eigenvalue weighted by Gasteiger charge is -2.10. The normalized spacial score (nSPS) is 15.2. The molecular formula is C20H16O9. The third kappa shape index (κ3) is 3.41. The van der Waals surface area contributed by atoms with E-state index in [1.807, 2.05) is 0 Å². The first-order chi connectivity index (χ1) is 13.8. The average molecular weight is 400 g/mol. The van der Waals surface area contributed by atoms with Gasteiger partial charge in [0.1, 0.15) is 11.1 Å². The Morgan fingerprint density at radius 2 is 1.62 bits per heavy atom. The molecule has 1 aliphatic rings.